The molecule has 4 rings (SSSR count). The molecule has 130 valence electrons. The highest BCUT2D eigenvalue weighted by Gasteiger charge is 2.21. The summed E-state index contributed by atoms with van der Waals surface area (Å²) in [7, 11) is 0. The van der Waals surface area contributed by atoms with Gasteiger partial charge in [-0.1, -0.05) is 30.9 Å². The minimum Gasteiger partial charge on any atom is -0.460 e. The third-order valence-corrected chi connectivity index (χ3v) is 5.34. The number of hydrogen-bond acceptors (Lipinski definition) is 3. The monoisotopic (exact) mass is 356 g/mol. The molecule has 25 heavy (non-hydrogen) atoms. The van der Waals surface area contributed by atoms with Gasteiger partial charge in [-0.3, -0.25) is 9.48 Å². The molecule has 0 amide bonds. The number of fused-ring (bicyclic) bond motifs is 1. The summed E-state index contributed by atoms with van der Waals surface area (Å²) in [5.41, 5.74) is 3.26. The first kappa shape index (κ1) is 16.4. The molecule has 0 spiro atoms. The molecule has 0 N–H and O–H groups in total. The van der Waals surface area contributed by atoms with E-state index in [1.165, 1.54) is 32.1 Å². The molecule has 1 saturated carbocycles. The van der Waals surface area contributed by atoms with E-state index in [9.17, 15) is 4.79 Å². The Labute approximate surface area is 151 Å². The molecule has 1 aliphatic carbocycles. The summed E-state index contributed by atoms with van der Waals surface area (Å²) >= 11 is 6.33. The molecule has 1 aromatic carbocycles. The number of aromatic nitrogens is 2. The zero-order valence-electron chi connectivity index (χ0n) is 14.3. The van der Waals surface area contributed by atoms with Gasteiger partial charge in [-0.2, -0.15) is 5.10 Å². The standard InChI is InChI=1S/C20H21ClN2O2/c1-13-7-18(12-24)22-23(13)11-16-9-17(21)8-15-10-19(25-20(15)16)14-5-3-2-4-6-14/h7-10,12,14H,2-6,11H2,1H3. The molecule has 3 aromatic rings. The van der Waals surface area contributed by atoms with E-state index in [1.54, 1.807) is 6.07 Å². The van der Waals surface area contributed by atoms with Gasteiger partial charge in [-0.05, 0) is 44.0 Å². The molecule has 0 aliphatic heterocycles. The van der Waals surface area contributed by atoms with E-state index in [4.69, 9.17) is 16.0 Å². The van der Waals surface area contributed by atoms with Crippen LogP contribution in [0.4, 0.5) is 0 Å². The van der Waals surface area contributed by atoms with Gasteiger partial charge in [0.25, 0.3) is 0 Å². The van der Waals surface area contributed by atoms with Crippen LogP contribution in [0.1, 0.15) is 65.5 Å². The van der Waals surface area contributed by atoms with E-state index in [1.807, 2.05) is 23.7 Å². The maximum absolute atomic E-state index is 11.0. The van der Waals surface area contributed by atoms with Crippen molar-refractivity contribution in [1.29, 1.82) is 0 Å². The lowest BCUT2D eigenvalue weighted by atomic mass is 9.87. The van der Waals surface area contributed by atoms with Crippen molar-refractivity contribution < 1.29 is 9.21 Å². The van der Waals surface area contributed by atoms with Gasteiger partial charge in [0.1, 0.15) is 17.0 Å². The number of hydrogen-bond donors (Lipinski definition) is 0. The highest BCUT2D eigenvalue weighted by molar-refractivity contribution is 6.31. The SMILES string of the molecule is Cc1cc(C=O)nn1Cc1cc(Cl)cc2cc(C3CCCCC3)oc12. The number of aldehydes is 1. The van der Waals surface area contributed by atoms with Crippen molar-refractivity contribution in [2.45, 2.75) is 51.5 Å². The maximum atomic E-state index is 11.0. The highest BCUT2D eigenvalue weighted by Crippen LogP contribution is 2.37. The fourth-order valence-electron chi connectivity index (χ4n) is 3.83. The molecule has 0 unspecified atom stereocenters. The van der Waals surface area contributed by atoms with Crippen LogP contribution < -0.4 is 0 Å². The smallest absolute Gasteiger partial charge is 0.170 e. The highest BCUT2D eigenvalue weighted by atomic mass is 35.5. The third kappa shape index (κ3) is 3.23. The van der Waals surface area contributed by atoms with Gasteiger partial charge >= 0.3 is 0 Å². The molecule has 2 heterocycles. The molecule has 0 radical (unpaired) electrons. The maximum Gasteiger partial charge on any atom is 0.170 e. The van der Waals surface area contributed by atoms with E-state index in [-0.39, 0.29) is 0 Å². The summed E-state index contributed by atoms with van der Waals surface area (Å²) in [5, 5.41) is 6.06. The molecule has 4 nitrogen and oxygen atoms in total. The van der Waals surface area contributed by atoms with Crippen LogP contribution in [-0.2, 0) is 6.54 Å². The summed E-state index contributed by atoms with van der Waals surface area (Å²) in [6, 6.07) is 7.82. The summed E-state index contributed by atoms with van der Waals surface area (Å²) in [6.45, 7) is 2.48. The largest absolute Gasteiger partial charge is 0.460 e. The molecular weight excluding hydrogens is 336 g/mol. The predicted molar refractivity (Wildman–Crippen MR) is 98.5 cm³/mol. The van der Waals surface area contributed by atoms with Gasteiger partial charge in [0.2, 0.25) is 0 Å². The Kier molecular flexibility index (Phi) is 4.38. The first-order valence-corrected chi connectivity index (χ1v) is 9.23. The van der Waals surface area contributed by atoms with Crippen LogP contribution in [0.15, 0.2) is 28.7 Å². The molecule has 1 aliphatic rings. The number of nitrogens with zero attached hydrogens (tertiary/aromatic N) is 2. The second kappa shape index (κ2) is 6.68. The quantitative estimate of drug-likeness (QED) is 0.580. The van der Waals surface area contributed by atoms with Gasteiger partial charge < -0.3 is 4.42 Å². The van der Waals surface area contributed by atoms with Crippen LogP contribution in [0, 0.1) is 6.92 Å². The Morgan fingerprint density at radius 2 is 2.04 bits per heavy atom. The van der Waals surface area contributed by atoms with Crippen LogP contribution in [-0.4, -0.2) is 16.1 Å². The van der Waals surface area contributed by atoms with E-state index >= 15 is 0 Å². The number of halogens is 1. The number of benzene rings is 1. The molecule has 5 heteroatoms. The van der Waals surface area contributed by atoms with E-state index in [0.29, 0.717) is 23.2 Å². The van der Waals surface area contributed by atoms with Crippen LogP contribution in [0.2, 0.25) is 5.02 Å². The minimum absolute atomic E-state index is 0.443. The van der Waals surface area contributed by atoms with Gasteiger partial charge in [-0.25, -0.2) is 0 Å². The summed E-state index contributed by atoms with van der Waals surface area (Å²) in [4.78, 5) is 11.0. The van der Waals surface area contributed by atoms with Crippen molar-refractivity contribution in [3.05, 3.63) is 52.0 Å². The second-order valence-electron chi connectivity index (χ2n) is 6.95. The lowest BCUT2D eigenvalue weighted by molar-refractivity contribution is 0.111. The van der Waals surface area contributed by atoms with E-state index < -0.39 is 0 Å². The van der Waals surface area contributed by atoms with Crippen molar-refractivity contribution in [3.8, 4) is 0 Å². The first-order valence-electron chi connectivity index (χ1n) is 8.85. The molecular formula is C20H21ClN2O2. The average molecular weight is 357 g/mol. The summed E-state index contributed by atoms with van der Waals surface area (Å²) in [5.74, 6) is 1.59. The lowest BCUT2D eigenvalue weighted by Gasteiger charge is -2.19. The third-order valence-electron chi connectivity index (χ3n) is 5.13. The molecule has 0 bridgehead atoms. The van der Waals surface area contributed by atoms with Crippen molar-refractivity contribution in [2.24, 2.45) is 0 Å². The Morgan fingerprint density at radius 1 is 1.24 bits per heavy atom. The van der Waals surface area contributed by atoms with E-state index in [2.05, 4.69) is 11.2 Å². The van der Waals surface area contributed by atoms with Gasteiger partial charge in [0, 0.05) is 27.6 Å². The zero-order chi connectivity index (χ0) is 17.4. The fourth-order valence-corrected chi connectivity index (χ4v) is 4.08. The van der Waals surface area contributed by atoms with Crippen LogP contribution in [0.25, 0.3) is 11.0 Å². The Balaban J connectivity index is 1.73. The molecule has 0 atom stereocenters. The Hall–Kier alpha value is -2.07. The molecule has 0 saturated heterocycles. The zero-order valence-corrected chi connectivity index (χ0v) is 15.1. The topological polar surface area (TPSA) is 48.0 Å². The van der Waals surface area contributed by atoms with Crippen LogP contribution >= 0.6 is 11.6 Å². The van der Waals surface area contributed by atoms with Gasteiger partial charge in [0.05, 0.1) is 6.54 Å². The molecule has 1 fully saturated rings. The van der Waals surface area contributed by atoms with Crippen molar-refractivity contribution >= 4 is 28.9 Å². The lowest BCUT2D eigenvalue weighted by Crippen LogP contribution is -2.04. The van der Waals surface area contributed by atoms with Crippen molar-refractivity contribution in [1.82, 2.24) is 9.78 Å². The van der Waals surface area contributed by atoms with Gasteiger partial charge in [0.15, 0.2) is 6.29 Å². The predicted octanol–water partition coefficient (Wildman–Crippen LogP) is 5.50. The van der Waals surface area contributed by atoms with Crippen LogP contribution in [0.3, 0.4) is 0 Å². The molecule has 2 aromatic heterocycles. The fraction of sp³-hybridized carbons (Fsp3) is 0.400. The number of rotatable bonds is 4. The number of furan rings is 1. The first-order chi connectivity index (χ1) is 12.1. The Morgan fingerprint density at radius 3 is 2.76 bits per heavy atom. The van der Waals surface area contributed by atoms with Crippen molar-refractivity contribution in [2.75, 3.05) is 0 Å². The van der Waals surface area contributed by atoms with Crippen LogP contribution in [0.5, 0.6) is 0 Å². The summed E-state index contributed by atoms with van der Waals surface area (Å²) < 4.78 is 8.09. The minimum atomic E-state index is 0.443. The normalized spacial score (nSPS) is 15.8. The average Bonchev–Trinajstić information content (AvgIpc) is 3.19. The number of aryl methyl sites for hydroxylation is 1. The number of carbonyl (C=O) groups excluding carboxylic acids is 1. The van der Waals surface area contributed by atoms with E-state index in [0.717, 1.165) is 34.3 Å². The number of carbonyl (C=O) groups is 1. The second-order valence-corrected chi connectivity index (χ2v) is 7.39. The van der Waals surface area contributed by atoms with Crippen molar-refractivity contribution in [3.63, 3.8) is 0 Å². The Bertz CT molecular complexity index is 919. The van der Waals surface area contributed by atoms with Gasteiger partial charge in [-0.15, -0.1) is 0 Å². The summed E-state index contributed by atoms with van der Waals surface area (Å²) in [6.07, 6.45) is 7.04.